The quantitative estimate of drug-likeness (QED) is 0.280. The zero-order valence-corrected chi connectivity index (χ0v) is 20.9. The molecule has 0 saturated heterocycles. The molecule has 0 saturated carbocycles. The number of carbonyl (C=O) groups excluding carboxylic acids is 1. The first-order chi connectivity index (χ1) is 18.3. The van der Waals surface area contributed by atoms with Gasteiger partial charge < -0.3 is 10.3 Å². The van der Waals surface area contributed by atoms with E-state index in [0.29, 0.717) is 45.1 Å². The molecule has 0 aliphatic carbocycles. The number of rotatable bonds is 4. The fraction of sp³-hybridized carbons (Fsp3) is 0.143. The van der Waals surface area contributed by atoms with Gasteiger partial charge in [-0.15, -0.1) is 0 Å². The highest BCUT2D eigenvalue weighted by atomic mass is 19.1. The molecule has 188 valence electrons. The summed E-state index contributed by atoms with van der Waals surface area (Å²) in [5, 5.41) is 11.2. The van der Waals surface area contributed by atoms with Gasteiger partial charge in [-0.1, -0.05) is 39.0 Å². The van der Waals surface area contributed by atoms with Crippen molar-refractivity contribution in [1.82, 2.24) is 35.1 Å². The molecule has 6 rings (SSSR count). The van der Waals surface area contributed by atoms with E-state index in [1.807, 2.05) is 32.9 Å². The summed E-state index contributed by atoms with van der Waals surface area (Å²) in [5.41, 5.74) is 5.03. The van der Waals surface area contributed by atoms with Gasteiger partial charge in [0.2, 0.25) is 5.91 Å². The Morgan fingerprint density at radius 2 is 1.76 bits per heavy atom. The van der Waals surface area contributed by atoms with Crippen LogP contribution in [0.1, 0.15) is 20.8 Å². The third-order valence-electron chi connectivity index (χ3n) is 6.20. The van der Waals surface area contributed by atoms with Crippen LogP contribution in [0.3, 0.4) is 0 Å². The Balaban J connectivity index is 1.41. The second-order valence-corrected chi connectivity index (χ2v) is 10.0. The molecule has 10 heteroatoms. The lowest BCUT2D eigenvalue weighted by atomic mass is 9.95. The van der Waals surface area contributed by atoms with Crippen molar-refractivity contribution in [1.29, 1.82) is 0 Å². The average molecular weight is 507 g/mol. The van der Waals surface area contributed by atoms with Crippen LogP contribution in [-0.4, -0.2) is 41.0 Å². The van der Waals surface area contributed by atoms with Crippen molar-refractivity contribution in [3.63, 3.8) is 0 Å². The highest BCUT2D eigenvalue weighted by molar-refractivity contribution is 5.98. The second-order valence-electron chi connectivity index (χ2n) is 10.0. The molecule has 0 unspecified atom stereocenters. The van der Waals surface area contributed by atoms with Gasteiger partial charge in [-0.2, -0.15) is 5.10 Å². The number of benzene rings is 1. The fourth-order valence-electron chi connectivity index (χ4n) is 4.14. The average Bonchev–Trinajstić information content (AvgIpc) is 3.52. The molecule has 38 heavy (non-hydrogen) atoms. The number of H-pyrrole nitrogens is 2. The zero-order chi connectivity index (χ0) is 26.4. The first-order valence-electron chi connectivity index (χ1n) is 12.0. The SMILES string of the molecule is CC(C)(C)C(=O)Nc1cncc(-c2cc3c(-c4nc5c(-c6ccccc6F)cncc5[nH]4)n[nH]c3cn2)c1. The molecule has 1 aromatic carbocycles. The van der Waals surface area contributed by atoms with Gasteiger partial charge in [-0.3, -0.25) is 24.8 Å². The topological polar surface area (TPSA) is 125 Å². The molecule has 0 spiro atoms. The normalized spacial score (nSPS) is 11.8. The van der Waals surface area contributed by atoms with E-state index < -0.39 is 5.41 Å². The number of hydrogen-bond acceptors (Lipinski definition) is 6. The smallest absolute Gasteiger partial charge is 0.229 e. The summed E-state index contributed by atoms with van der Waals surface area (Å²) in [7, 11) is 0. The van der Waals surface area contributed by atoms with E-state index >= 15 is 0 Å². The van der Waals surface area contributed by atoms with E-state index in [-0.39, 0.29) is 11.7 Å². The molecular formula is C28H23FN8O. The minimum absolute atomic E-state index is 0.105. The van der Waals surface area contributed by atoms with Gasteiger partial charge in [0.25, 0.3) is 0 Å². The van der Waals surface area contributed by atoms with Gasteiger partial charge in [-0.25, -0.2) is 9.37 Å². The molecule has 9 nitrogen and oxygen atoms in total. The summed E-state index contributed by atoms with van der Waals surface area (Å²) in [6, 6.07) is 10.3. The number of pyridine rings is 3. The van der Waals surface area contributed by atoms with Crippen LogP contribution in [0.15, 0.2) is 67.4 Å². The van der Waals surface area contributed by atoms with Gasteiger partial charge in [-0.05, 0) is 18.2 Å². The number of halogens is 1. The summed E-state index contributed by atoms with van der Waals surface area (Å²) in [4.78, 5) is 33.6. The van der Waals surface area contributed by atoms with E-state index in [9.17, 15) is 9.18 Å². The van der Waals surface area contributed by atoms with Crippen LogP contribution >= 0.6 is 0 Å². The molecular weight excluding hydrogens is 483 g/mol. The number of hydrogen-bond donors (Lipinski definition) is 3. The number of nitrogens with zero attached hydrogens (tertiary/aromatic N) is 5. The molecule has 5 heterocycles. The van der Waals surface area contributed by atoms with Crippen molar-refractivity contribution in [2.24, 2.45) is 5.41 Å². The fourth-order valence-corrected chi connectivity index (χ4v) is 4.14. The molecule has 0 aliphatic heterocycles. The highest BCUT2D eigenvalue weighted by Crippen LogP contribution is 2.33. The van der Waals surface area contributed by atoms with Gasteiger partial charge in [0.15, 0.2) is 5.82 Å². The summed E-state index contributed by atoms with van der Waals surface area (Å²) >= 11 is 0. The molecule has 0 radical (unpaired) electrons. The third-order valence-corrected chi connectivity index (χ3v) is 6.20. The number of amides is 1. The third kappa shape index (κ3) is 4.15. The number of anilines is 1. The van der Waals surface area contributed by atoms with Gasteiger partial charge in [0.05, 0.1) is 41.0 Å². The van der Waals surface area contributed by atoms with Gasteiger partial charge in [0.1, 0.15) is 17.0 Å². The van der Waals surface area contributed by atoms with Crippen LogP contribution in [0, 0.1) is 11.2 Å². The molecule has 0 bridgehead atoms. The zero-order valence-electron chi connectivity index (χ0n) is 20.9. The first-order valence-corrected chi connectivity index (χ1v) is 12.0. The number of aromatic amines is 2. The lowest BCUT2D eigenvalue weighted by molar-refractivity contribution is -0.123. The summed E-state index contributed by atoms with van der Waals surface area (Å²) < 4.78 is 14.5. The van der Waals surface area contributed by atoms with Crippen LogP contribution in [-0.2, 0) is 4.79 Å². The van der Waals surface area contributed by atoms with Crippen LogP contribution < -0.4 is 5.32 Å². The van der Waals surface area contributed by atoms with E-state index in [1.54, 1.807) is 49.2 Å². The minimum Gasteiger partial charge on any atom is -0.335 e. The van der Waals surface area contributed by atoms with E-state index in [4.69, 9.17) is 4.98 Å². The Hall–Kier alpha value is -4.99. The largest absolute Gasteiger partial charge is 0.335 e. The molecule has 3 N–H and O–H groups in total. The van der Waals surface area contributed by atoms with Crippen LogP contribution in [0.5, 0.6) is 0 Å². The second kappa shape index (κ2) is 8.84. The Morgan fingerprint density at radius 1 is 0.947 bits per heavy atom. The number of carbonyl (C=O) groups is 1. The van der Waals surface area contributed by atoms with E-state index in [1.165, 1.54) is 6.07 Å². The molecule has 6 aromatic rings. The lowest BCUT2D eigenvalue weighted by Gasteiger charge is -2.17. The molecule has 0 aliphatic rings. The maximum atomic E-state index is 14.5. The van der Waals surface area contributed by atoms with Crippen molar-refractivity contribution >= 4 is 33.5 Å². The van der Waals surface area contributed by atoms with Gasteiger partial charge in [0, 0.05) is 39.9 Å². The standard InChI is InChI=1S/C28H23FN8O/c1-28(2,3)27(38)33-16-8-15(10-30-11-16)21-9-18-22(14-32-21)36-37-25(18)26-34-23-13-31-12-19(24(23)35-26)17-6-4-5-7-20(17)29/h4-14H,1-3H3,(H,33,38)(H,34,35)(H,36,37). The first kappa shape index (κ1) is 23.4. The molecule has 0 atom stereocenters. The summed E-state index contributed by atoms with van der Waals surface area (Å²) in [6.07, 6.45) is 8.24. The predicted molar refractivity (Wildman–Crippen MR) is 143 cm³/mol. The van der Waals surface area contributed by atoms with Crippen molar-refractivity contribution in [3.8, 4) is 33.9 Å². The monoisotopic (exact) mass is 506 g/mol. The molecule has 1 amide bonds. The van der Waals surface area contributed by atoms with E-state index in [0.717, 1.165) is 16.5 Å². The van der Waals surface area contributed by atoms with Crippen molar-refractivity contribution < 1.29 is 9.18 Å². The summed E-state index contributed by atoms with van der Waals surface area (Å²) in [5.74, 6) is 0.0613. The Bertz CT molecular complexity index is 1830. The Kier molecular flexibility index (Phi) is 5.45. The van der Waals surface area contributed by atoms with Crippen molar-refractivity contribution in [2.45, 2.75) is 20.8 Å². The lowest BCUT2D eigenvalue weighted by Crippen LogP contribution is -2.27. The number of imidazole rings is 1. The van der Waals surface area contributed by atoms with Crippen LogP contribution in [0.25, 0.3) is 55.8 Å². The highest BCUT2D eigenvalue weighted by Gasteiger charge is 2.22. The maximum absolute atomic E-state index is 14.5. The van der Waals surface area contributed by atoms with E-state index in [2.05, 4.69) is 35.5 Å². The molecule has 0 fully saturated rings. The van der Waals surface area contributed by atoms with Crippen molar-refractivity contribution in [3.05, 3.63) is 73.2 Å². The Morgan fingerprint density at radius 3 is 2.58 bits per heavy atom. The summed E-state index contributed by atoms with van der Waals surface area (Å²) in [6.45, 7) is 5.55. The maximum Gasteiger partial charge on any atom is 0.229 e. The Labute approximate surface area is 216 Å². The number of aromatic nitrogens is 7. The number of nitrogens with one attached hydrogen (secondary N) is 3. The predicted octanol–water partition coefficient (Wildman–Crippen LogP) is 5.75. The molecule has 5 aromatic heterocycles. The van der Waals surface area contributed by atoms with Crippen LogP contribution in [0.4, 0.5) is 10.1 Å². The van der Waals surface area contributed by atoms with Crippen molar-refractivity contribution in [2.75, 3.05) is 5.32 Å². The van der Waals surface area contributed by atoms with Crippen LogP contribution in [0.2, 0.25) is 0 Å². The number of fused-ring (bicyclic) bond motifs is 2. The van der Waals surface area contributed by atoms with Gasteiger partial charge >= 0.3 is 0 Å². The minimum atomic E-state index is -0.535.